The molecule has 27 heavy (non-hydrogen) atoms. The standard InChI is InChI=1S/C21H24N2O4/c1-3-23(4-2)21(25)15-6-9-17(10-7-15)22-20(24)16-8-11-18-19(14-16)27-13-5-12-26-18/h6-11,14H,3-5,12-13H2,1-2H3,(H,22,24). The van der Waals surface area contributed by atoms with E-state index in [4.69, 9.17) is 9.47 Å². The van der Waals surface area contributed by atoms with Crippen LogP contribution in [-0.2, 0) is 0 Å². The Bertz CT molecular complexity index is 813. The first-order chi connectivity index (χ1) is 13.1. The maximum atomic E-state index is 12.5. The summed E-state index contributed by atoms with van der Waals surface area (Å²) in [6.45, 7) is 6.41. The summed E-state index contributed by atoms with van der Waals surface area (Å²) in [7, 11) is 0. The SMILES string of the molecule is CCN(CC)C(=O)c1ccc(NC(=O)c2ccc3c(c2)OCCCO3)cc1. The van der Waals surface area contributed by atoms with Gasteiger partial charge in [0.05, 0.1) is 13.2 Å². The van der Waals surface area contributed by atoms with Crippen molar-refractivity contribution < 1.29 is 19.1 Å². The van der Waals surface area contributed by atoms with Crippen LogP contribution in [0.4, 0.5) is 5.69 Å². The van der Waals surface area contributed by atoms with Crippen LogP contribution in [0.25, 0.3) is 0 Å². The molecule has 0 aliphatic carbocycles. The van der Waals surface area contributed by atoms with Gasteiger partial charge in [-0.05, 0) is 56.3 Å². The van der Waals surface area contributed by atoms with E-state index in [1.807, 2.05) is 13.8 Å². The minimum Gasteiger partial charge on any atom is -0.490 e. The number of hydrogen-bond acceptors (Lipinski definition) is 4. The lowest BCUT2D eigenvalue weighted by atomic mass is 10.1. The summed E-state index contributed by atoms with van der Waals surface area (Å²) in [4.78, 5) is 26.6. The molecule has 2 aromatic carbocycles. The Morgan fingerprint density at radius 3 is 2.22 bits per heavy atom. The van der Waals surface area contributed by atoms with Gasteiger partial charge in [0.1, 0.15) is 0 Å². The van der Waals surface area contributed by atoms with E-state index in [2.05, 4.69) is 5.32 Å². The average molecular weight is 368 g/mol. The molecule has 1 aliphatic heterocycles. The lowest BCUT2D eigenvalue weighted by Crippen LogP contribution is -2.30. The van der Waals surface area contributed by atoms with Crippen molar-refractivity contribution >= 4 is 17.5 Å². The smallest absolute Gasteiger partial charge is 0.255 e. The molecular formula is C21H24N2O4. The fourth-order valence-electron chi connectivity index (χ4n) is 2.90. The summed E-state index contributed by atoms with van der Waals surface area (Å²) < 4.78 is 11.2. The predicted octanol–water partition coefficient (Wildman–Crippen LogP) is 3.58. The lowest BCUT2D eigenvalue weighted by Gasteiger charge is -2.18. The second kappa shape index (κ2) is 8.58. The Morgan fingerprint density at radius 2 is 1.56 bits per heavy atom. The molecule has 0 saturated carbocycles. The Kier molecular flexibility index (Phi) is 5.96. The number of nitrogens with one attached hydrogen (secondary N) is 1. The van der Waals surface area contributed by atoms with Gasteiger partial charge >= 0.3 is 0 Å². The van der Waals surface area contributed by atoms with E-state index >= 15 is 0 Å². The largest absolute Gasteiger partial charge is 0.490 e. The Labute approximate surface area is 159 Å². The van der Waals surface area contributed by atoms with Gasteiger partial charge in [-0.1, -0.05) is 0 Å². The Balaban J connectivity index is 1.69. The van der Waals surface area contributed by atoms with Crippen molar-refractivity contribution in [1.82, 2.24) is 4.90 Å². The summed E-state index contributed by atoms with van der Waals surface area (Å²) in [6, 6.07) is 12.1. The molecule has 0 radical (unpaired) electrons. The first-order valence-corrected chi connectivity index (χ1v) is 9.22. The van der Waals surface area contributed by atoms with Crippen LogP contribution in [0.2, 0.25) is 0 Å². The third-order valence-corrected chi connectivity index (χ3v) is 4.45. The van der Waals surface area contributed by atoms with Gasteiger partial charge in [0.2, 0.25) is 0 Å². The number of hydrogen-bond donors (Lipinski definition) is 1. The number of carbonyl (C=O) groups is 2. The molecule has 6 heteroatoms. The average Bonchev–Trinajstić information content (AvgIpc) is 2.94. The number of rotatable bonds is 5. The van der Waals surface area contributed by atoms with Gasteiger partial charge in [-0.2, -0.15) is 0 Å². The molecule has 0 bridgehead atoms. The van der Waals surface area contributed by atoms with Crippen LogP contribution in [0.1, 0.15) is 41.0 Å². The summed E-state index contributed by atoms with van der Waals surface area (Å²) in [5.74, 6) is 0.984. The first-order valence-electron chi connectivity index (χ1n) is 9.22. The number of nitrogens with zero attached hydrogens (tertiary/aromatic N) is 1. The van der Waals surface area contributed by atoms with Gasteiger partial charge in [0.25, 0.3) is 11.8 Å². The van der Waals surface area contributed by atoms with Gasteiger partial charge in [0, 0.05) is 36.3 Å². The molecular weight excluding hydrogens is 344 g/mol. The highest BCUT2D eigenvalue weighted by Crippen LogP contribution is 2.30. The second-order valence-corrected chi connectivity index (χ2v) is 6.22. The zero-order valence-corrected chi connectivity index (χ0v) is 15.7. The van der Waals surface area contributed by atoms with E-state index in [9.17, 15) is 9.59 Å². The molecule has 0 fully saturated rings. The van der Waals surface area contributed by atoms with Crippen LogP contribution >= 0.6 is 0 Å². The van der Waals surface area contributed by atoms with Crippen LogP contribution in [0.5, 0.6) is 11.5 Å². The summed E-state index contributed by atoms with van der Waals surface area (Å²) >= 11 is 0. The van der Waals surface area contributed by atoms with Gasteiger partial charge in [0.15, 0.2) is 11.5 Å². The van der Waals surface area contributed by atoms with Crippen LogP contribution in [0, 0.1) is 0 Å². The van der Waals surface area contributed by atoms with Crippen molar-refractivity contribution in [3.05, 3.63) is 53.6 Å². The van der Waals surface area contributed by atoms with Gasteiger partial charge in [-0.3, -0.25) is 9.59 Å². The highest BCUT2D eigenvalue weighted by molar-refractivity contribution is 6.05. The number of benzene rings is 2. The van der Waals surface area contributed by atoms with E-state index in [0.29, 0.717) is 54.6 Å². The molecule has 2 amide bonds. The third-order valence-electron chi connectivity index (χ3n) is 4.45. The molecule has 0 spiro atoms. The van der Waals surface area contributed by atoms with Crippen molar-refractivity contribution in [2.75, 3.05) is 31.6 Å². The van der Waals surface area contributed by atoms with Crippen LogP contribution < -0.4 is 14.8 Å². The Morgan fingerprint density at radius 1 is 0.926 bits per heavy atom. The van der Waals surface area contributed by atoms with Gasteiger partial charge < -0.3 is 19.7 Å². The van der Waals surface area contributed by atoms with Crippen molar-refractivity contribution in [1.29, 1.82) is 0 Å². The molecule has 6 nitrogen and oxygen atoms in total. The molecule has 2 aromatic rings. The normalized spacial score (nSPS) is 12.8. The van der Waals surface area contributed by atoms with E-state index in [1.54, 1.807) is 47.4 Å². The summed E-state index contributed by atoms with van der Waals surface area (Å²) in [5.41, 5.74) is 1.72. The predicted molar refractivity (Wildman–Crippen MR) is 104 cm³/mol. The quantitative estimate of drug-likeness (QED) is 0.876. The minimum atomic E-state index is -0.242. The fourth-order valence-corrected chi connectivity index (χ4v) is 2.90. The molecule has 142 valence electrons. The van der Waals surface area contributed by atoms with Gasteiger partial charge in [-0.25, -0.2) is 0 Å². The molecule has 1 aliphatic rings. The van der Waals surface area contributed by atoms with E-state index in [1.165, 1.54) is 0 Å². The molecule has 3 rings (SSSR count). The van der Waals surface area contributed by atoms with Gasteiger partial charge in [-0.15, -0.1) is 0 Å². The monoisotopic (exact) mass is 368 g/mol. The molecule has 0 unspecified atom stereocenters. The number of carbonyl (C=O) groups excluding carboxylic acids is 2. The number of fused-ring (bicyclic) bond motifs is 1. The van der Waals surface area contributed by atoms with Crippen molar-refractivity contribution in [3.8, 4) is 11.5 Å². The highest BCUT2D eigenvalue weighted by Gasteiger charge is 2.15. The lowest BCUT2D eigenvalue weighted by molar-refractivity contribution is 0.0773. The minimum absolute atomic E-state index is 0.0132. The third kappa shape index (κ3) is 4.39. The molecule has 0 aromatic heterocycles. The van der Waals surface area contributed by atoms with E-state index in [0.717, 1.165) is 6.42 Å². The summed E-state index contributed by atoms with van der Waals surface area (Å²) in [6.07, 6.45) is 0.814. The maximum Gasteiger partial charge on any atom is 0.255 e. The van der Waals surface area contributed by atoms with Crippen molar-refractivity contribution in [2.45, 2.75) is 20.3 Å². The van der Waals surface area contributed by atoms with Crippen LogP contribution in [-0.4, -0.2) is 43.0 Å². The zero-order chi connectivity index (χ0) is 19.2. The number of amides is 2. The first kappa shape index (κ1) is 18.8. The topological polar surface area (TPSA) is 67.9 Å². The number of anilines is 1. The molecule has 0 saturated heterocycles. The molecule has 0 atom stereocenters. The van der Waals surface area contributed by atoms with E-state index < -0.39 is 0 Å². The van der Waals surface area contributed by atoms with Crippen molar-refractivity contribution in [3.63, 3.8) is 0 Å². The fraction of sp³-hybridized carbons (Fsp3) is 0.333. The molecule has 1 N–H and O–H groups in total. The van der Waals surface area contributed by atoms with E-state index in [-0.39, 0.29) is 11.8 Å². The van der Waals surface area contributed by atoms with Crippen LogP contribution in [0.3, 0.4) is 0 Å². The zero-order valence-electron chi connectivity index (χ0n) is 15.7. The number of ether oxygens (including phenoxy) is 2. The Hall–Kier alpha value is -3.02. The van der Waals surface area contributed by atoms with Crippen LogP contribution in [0.15, 0.2) is 42.5 Å². The second-order valence-electron chi connectivity index (χ2n) is 6.22. The highest BCUT2D eigenvalue weighted by atomic mass is 16.5. The van der Waals surface area contributed by atoms with Crippen molar-refractivity contribution in [2.24, 2.45) is 0 Å². The summed E-state index contributed by atoms with van der Waals surface area (Å²) in [5, 5.41) is 2.84. The maximum absolute atomic E-state index is 12.5. The molecule has 1 heterocycles.